The Hall–Kier alpha value is -2.78. The van der Waals surface area contributed by atoms with Crippen LogP contribution in [-0.4, -0.2) is 67.1 Å². The summed E-state index contributed by atoms with van der Waals surface area (Å²) in [4.78, 5) is 0. The highest BCUT2D eigenvalue weighted by molar-refractivity contribution is 6.17. The van der Waals surface area contributed by atoms with Crippen molar-refractivity contribution in [2.24, 2.45) is 0 Å². The van der Waals surface area contributed by atoms with Gasteiger partial charge in [0.1, 0.15) is 0 Å². The predicted octanol–water partition coefficient (Wildman–Crippen LogP) is 11.6. The van der Waals surface area contributed by atoms with E-state index >= 15 is 0 Å². The fraction of sp³-hybridized carbons (Fsp3) is 0.500. The molecule has 0 N–H and O–H groups in total. The first-order valence-corrected chi connectivity index (χ1v) is 21.3. The van der Waals surface area contributed by atoms with Gasteiger partial charge in [-0.1, -0.05) is 111 Å². The quantitative estimate of drug-likeness (QED) is 0.0402. The summed E-state index contributed by atoms with van der Waals surface area (Å²) in [6.45, 7) is 10.3. The minimum Gasteiger partial charge on any atom is -0.382 e. The first-order valence-electron chi connectivity index (χ1n) is 20.2. The Bertz CT molecular complexity index is 1620. The summed E-state index contributed by atoms with van der Waals surface area (Å²) in [6, 6.07) is 35.8. The third-order valence-corrected chi connectivity index (χ3v) is 11.2. The van der Waals surface area contributed by atoms with E-state index < -0.39 is 0 Å². The summed E-state index contributed by atoms with van der Waals surface area (Å²) in [6.07, 6.45) is 4.16. The summed E-state index contributed by atoms with van der Waals surface area (Å²) in [5.74, 6) is 2.45. The third-order valence-electron chi connectivity index (χ3n) is 10.6. The first kappa shape index (κ1) is 45.9. The Balaban J connectivity index is 1.54. The van der Waals surface area contributed by atoms with Crippen molar-refractivity contribution in [3.8, 4) is 0 Å². The van der Waals surface area contributed by atoms with Gasteiger partial charge in [0.05, 0.1) is 66.1 Å². The zero-order valence-corrected chi connectivity index (χ0v) is 35.6. The topological polar surface area (TPSA) is 55.4 Å². The second-order valence-corrected chi connectivity index (χ2v) is 15.2. The van der Waals surface area contributed by atoms with Gasteiger partial charge in [0.15, 0.2) is 0 Å². The Labute approximate surface area is 347 Å². The van der Waals surface area contributed by atoms with E-state index in [0.717, 1.165) is 36.8 Å². The van der Waals surface area contributed by atoms with Gasteiger partial charge in [-0.2, -0.15) is 0 Å². The number of hydrogen-bond acceptors (Lipinski definition) is 6. The van der Waals surface area contributed by atoms with Crippen LogP contribution >= 0.6 is 23.2 Å². The van der Waals surface area contributed by atoms with Crippen LogP contribution in [-0.2, 0) is 53.4 Å². The van der Waals surface area contributed by atoms with Gasteiger partial charge in [0.2, 0.25) is 0 Å². The maximum absolute atomic E-state index is 6.30. The molecular formula is C48H64Cl2O6. The van der Waals surface area contributed by atoms with E-state index in [1.165, 1.54) is 33.4 Å². The fourth-order valence-corrected chi connectivity index (χ4v) is 7.66. The third kappa shape index (κ3) is 16.2. The molecule has 0 amide bonds. The number of halogens is 2. The standard InChI is InChI=1S/C48H64Cl2O6/c1-5-42(46-11-6-8-40(29-46)34-50)31-48(44-16-12-38(33-49)13-17-44)32-47(28-37(2)45-10-7-9-41(30-45)36-55-23-21-52-4)43-18-14-39(15-19-43)35-56-27-26-54-25-24-53-22-20-51-3/h6-19,29-30,37,42,47-48H,5,20-28,31-36H2,1-4H3. The van der Waals surface area contributed by atoms with Crippen LogP contribution in [0.15, 0.2) is 97.1 Å². The van der Waals surface area contributed by atoms with Gasteiger partial charge in [0.25, 0.3) is 0 Å². The molecule has 0 aromatic heterocycles. The molecule has 0 saturated carbocycles. The number of hydrogen-bond donors (Lipinski definition) is 0. The molecule has 0 aliphatic heterocycles. The number of methoxy groups -OCH3 is 2. The van der Waals surface area contributed by atoms with E-state index in [1.54, 1.807) is 14.2 Å². The molecule has 0 aliphatic carbocycles. The van der Waals surface area contributed by atoms with E-state index in [1.807, 2.05) is 0 Å². The number of ether oxygens (including phenoxy) is 6. The molecular weight excluding hydrogens is 743 g/mol. The van der Waals surface area contributed by atoms with Crippen LogP contribution < -0.4 is 0 Å². The molecule has 0 radical (unpaired) electrons. The highest BCUT2D eigenvalue weighted by atomic mass is 35.5. The minimum absolute atomic E-state index is 0.325. The lowest BCUT2D eigenvalue weighted by Crippen LogP contribution is -2.13. The van der Waals surface area contributed by atoms with E-state index in [2.05, 4.69) is 111 Å². The van der Waals surface area contributed by atoms with Gasteiger partial charge < -0.3 is 28.4 Å². The van der Waals surface area contributed by atoms with Gasteiger partial charge in [-0.05, 0) is 93.9 Å². The van der Waals surface area contributed by atoms with Crippen molar-refractivity contribution < 1.29 is 28.4 Å². The Kier molecular flexibility index (Phi) is 22.1. The molecule has 0 spiro atoms. The smallest absolute Gasteiger partial charge is 0.0718 e. The molecule has 4 atom stereocenters. The van der Waals surface area contributed by atoms with Gasteiger partial charge in [-0.15, -0.1) is 23.2 Å². The van der Waals surface area contributed by atoms with Crippen LogP contribution in [0.1, 0.15) is 108 Å². The van der Waals surface area contributed by atoms with Crippen molar-refractivity contribution in [3.63, 3.8) is 0 Å². The van der Waals surface area contributed by atoms with E-state index in [9.17, 15) is 0 Å². The summed E-state index contributed by atoms with van der Waals surface area (Å²) < 4.78 is 33.1. The molecule has 306 valence electrons. The summed E-state index contributed by atoms with van der Waals surface area (Å²) in [7, 11) is 3.37. The molecule has 4 aromatic carbocycles. The van der Waals surface area contributed by atoms with Crippen molar-refractivity contribution in [3.05, 3.63) is 142 Å². The van der Waals surface area contributed by atoms with E-state index in [4.69, 9.17) is 51.6 Å². The summed E-state index contributed by atoms with van der Waals surface area (Å²) in [5, 5.41) is 0. The predicted molar refractivity (Wildman–Crippen MR) is 230 cm³/mol. The normalized spacial score (nSPS) is 13.8. The monoisotopic (exact) mass is 806 g/mol. The second-order valence-electron chi connectivity index (χ2n) is 14.7. The molecule has 8 heteroatoms. The maximum Gasteiger partial charge on any atom is 0.0718 e. The lowest BCUT2D eigenvalue weighted by atomic mass is 9.75. The summed E-state index contributed by atoms with van der Waals surface area (Å²) >= 11 is 12.6. The zero-order valence-electron chi connectivity index (χ0n) is 34.1. The van der Waals surface area contributed by atoms with Crippen LogP contribution in [0.2, 0.25) is 0 Å². The molecule has 4 unspecified atom stereocenters. The molecule has 4 aromatic rings. The number of benzene rings is 4. The van der Waals surface area contributed by atoms with Crippen molar-refractivity contribution in [1.29, 1.82) is 0 Å². The molecule has 6 nitrogen and oxygen atoms in total. The average molecular weight is 808 g/mol. The Morgan fingerprint density at radius 3 is 1.50 bits per heavy atom. The minimum atomic E-state index is 0.325. The molecule has 0 heterocycles. The van der Waals surface area contributed by atoms with Crippen LogP contribution in [0, 0.1) is 0 Å². The van der Waals surface area contributed by atoms with E-state index in [-0.39, 0.29) is 0 Å². The SMILES string of the molecule is CCC(CC(CC(CC(C)c1cccc(COCCOC)c1)c1ccc(COCCOCCOCCOC)cc1)c1ccc(CCl)cc1)c1cccc(CCl)c1. The van der Waals surface area contributed by atoms with Gasteiger partial charge in [-0.25, -0.2) is 0 Å². The molecule has 0 bridgehead atoms. The highest BCUT2D eigenvalue weighted by Crippen LogP contribution is 2.42. The maximum atomic E-state index is 6.30. The molecule has 0 aliphatic rings. The van der Waals surface area contributed by atoms with Crippen LogP contribution in [0.25, 0.3) is 0 Å². The van der Waals surface area contributed by atoms with E-state index in [0.29, 0.717) is 102 Å². The molecule has 0 saturated heterocycles. The van der Waals surface area contributed by atoms with Crippen molar-refractivity contribution in [2.45, 2.75) is 88.2 Å². The molecule has 4 rings (SSSR count). The number of rotatable bonds is 29. The second kappa shape index (κ2) is 27.0. The number of alkyl halides is 2. The van der Waals surface area contributed by atoms with Gasteiger partial charge in [0, 0.05) is 26.0 Å². The van der Waals surface area contributed by atoms with Crippen LogP contribution in [0.5, 0.6) is 0 Å². The van der Waals surface area contributed by atoms with Crippen molar-refractivity contribution >= 4 is 23.2 Å². The Morgan fingerprint density at radius 2 is 0.911 bits per heavy atom. The fourth-order valence-electron chi connectivity index (χ4n) is 7.31. The first-order chi connectivity index (χ1) is 27.5. The largest absolute Gasteiger partial charge is 0.382 e. The molecule has 56 heavy (non-hydrogen) atoms. The average Bonchev–Trinajstić information content (AvgIpc) is 3.24. The van der Waals surface area contributed by atoms with Gasteiger partial charge >= 0.3 is 0 Å². The lowest BCUT2D eigenvalue weighted by Gasteiger charge is -2.30. The van der Waals surface area contributed by atoms with Gasteiger partial charge in [-0.3, -0.25) is 0 Å². The lowest BCUT2D eigenvalue weighted by molar-refractivity contribution is 0.000867. The highest BCUT2D eigenvalue weighted by Gasteiger charge is 2.26. The van der Waals surface area contributed by atoms with Crippen LogP contribution in [0.4, 0.5) is 0 Å². The zero-order chi connectivity index (χ0) is 39.8. The van der Waals surface area contributed by atoms with Crippen molar-refractivity contribution in [2.75, 3.05) is 67.1 Å². The van der Waals surface area contributed by atoms with Crippen molar-refractivity contribution in [1.82, 2.24) is 0 Å². The summed E-state index contributed by atoms with van der Waals surface area (Å²) in [5.41, 5.74) is 10.1. The Morgan fingerprint density at radius 1 is 0.446 bits per heavy atom. The molecule has 0 fully saturated rings. The van der Waals surface area contributed by atoms with Crippen LogP contribution in [0.3, 0.4) is 0 Å².